The topological polar surface area (TPSA) is 71.2 Å². The van der Waals surface area contributed by atoms with Crippen molar-refractivity contribution >= 4 is 28.8 Å². The van der Waals surface area contributed by atoms with Crippen LogP contribution in [-0.2, 0) is 4.79 Å². The summed E-state index contributed by atoms with van der Waals surface area (Å²) in [7, 11) is 0. The van der Waals surface area contributed by atoms with Crippen LogP contribution in [0.15, 0.2) is 18.3 Å². The van der Waals surface area contributed by atoms with Gasteiger partial charge in [0.05, 0.1) is 17.7 Å². The molecule has 3 rings (SSSR count). The average Bonchev–Trinajstić information content (AvgIpc) is 2.81. The van der Waals surface area contributed by atoms with Gasteiger partial charge in [0.25, 0.3) is 0 Å². The monoisotopic (exact) mass is 276 g/mol. The van der Waals surface area contributed by atoms with E-state index in [1.54, 1.807) is 6.20 Å². The molecule has 0 aromatic carbocycles. The second kappa shape index (κ2) is 4.77. The predicted molar refractivity (Wildman–Crippen MR) is 77.0 cm³/mol. The molecule has 5 nitrogen and oxygen atoms in total. The van der Waals surface area contributed by atoms with Gasteiger partial charge in [-0.3, -0.25) is 9.78 Å². The highest BCUT2D eigenvalue weighted by Crippen LogP contribution is 2.31. The molecule has 2 aliphatic heterocycles. The minimum atomic E-state index is 0.107. The van der Waals surface area contributed by atoms with Crippen molar-refractivity contribution in [3.8, 4) is 0 Å². The van der Waals surface area contributed by atoms with Crippen LogP contribution in [0.5, 0.6) is 0 Å². The van der Waals surface area contributed by atoms with E-state index in [2.05, 4.69) is 15.2 Å². The van der Waals surface area contributed by atoms with Gasteiger partial charge in [0, 0.05) is 25.0 Å². The molecule has 3 N–H and O–H groups in total. The lowest BCUT2D eigenvalue weighted by molar-refractivity contribution is -0.122. The van der Waals surface area contributed by atoms with Crippen LogP contribution in [-0.4, -0.2) is 35.0 Å². The van der Waals surface area contributed by atoms with E-state index in [-0.39, 0.29) is 17.9 Å². The molecule has 1 aromatic heterocycles. The van der Waals surface area contributed by atoms with E-state index in [0.29, 0.717) is 17.2 Å². The van der Waals surface area contributed by atoms with Gasteiger partial charge in [0.2, 0.25) is 5.91 Å². The molecule has 0 bridgehead atoms. The lowest BCUT2D eigenvalue weighted by atomic mass is 9.91. The van der Waals surface area contributed by atoms with Crippen LogP contribution in [0.2, 0.25) is 0 Å². The fraction of sp³-hybridized carbons (Fsp3) is 0.462. The number of piperidine rings is 1. The lowest BCUT2D eigenvalue weighted by Crippen LogP contribution is -2.45. The van der Waals surface area contributed by atoms with Crippen LogP contribution >= 0.6 is 12.2 Å². The number of nitrogens with two attached hydrogens (primary N) is 1. The summed E-state index contributed by atoms with van der Waals surface area (Å²) in [6.45, 7) is 1.67. The molecule has 1 aromatic rings. The number of fused-ring (bicyclic) bond motifs is 1. The van der Waals surface area contributed by atoms with Gasteiger partial charge in [0.15, 0.2) is 0 Å². The Kier molecular flexibility index (Phi) is 3.10. The summed E-state index contributed by atoms with van der Waals surface area (Å²) >= 11 is 4.97. The van der Waals surface area contributed by atoms with Gasteiger partial charge >= 0.3 is 0 Å². The van der Waals surface area contributed by atoms with Gasteiger partial charge in [-0.2, -0.15) is 0 Å². The van der Waals surface area contributed by atoms with E-state index in [1.807, 2.05) is 12.1 Å². The van der Waals surface area contributed by atoms with Crippen molar-refractivity contribution in [2.24, 2.45) is 11.7 Å². The first-order chi connectivity index (χ1) is 9.16. The maximum atomic E-state index is 11.8. The highest BCUT2D eigenvalue weighted by molar-refractivity contribution is 7.80. The van der Waals surface area contributed by atoms with Crippen LogP contribution in [0.3, 0.4) is 0 Å². The molecule has 2 fully saturated rings. The number of nitrogens with zero attached hydrogens (tertiary/aromatic N) is 2. The average molecular weight is 276 g/mol. The molecule has 1 amide bonds. The van der Waals surface area contributed by atoms with Crippen LogP contribution in [0.1, 0.15) is 18.5 Å². The normalized spacial score (nSPS) is 25.9. The molecule has 100 valence electrons. The Hall–Kier alpha value is -1.69. The predicted octanol–water partition coefficient (Wildman–Crippen LogP) is 0.431. The van der Waals surface area contributed by atoms with Gasteiger partial charge < -0.3 is 16.0 Å². The van der Waals surface area contributed by atoms with E-state index < -0.39 is 0 Å². The standard InChI is InChI=1S/C13H16N4OS/c14-12(19)10-6-8(3-4-15-10)17-5-1-2-9-11(17)7-16-13(9)18/h3-4,6,9,11H,1-2,5,7H2,(H2,14,19)(H,16,18). The smallest absolute Gasteiger partial charge is 0.225 e. The summed E-state index contributed by atoms with van der Waals surface area (Å²) in [5, 5.41) is 2.95. The van der Waals surface area contributed by atoms with Crippen molar-refractivity contribution in [2.75, 3.05) is 18.0 Å². The molecule has 2 unspecified atom stereocenters. The lowest BCUT2D eigenvalue weighted by Gasteiger charge is -2.37. The minimum Gasteiger partial charge on any atom is -0.388 e. The Morgan fingerprint density at radius 2 is 2.42 bits per heavy atom. The molecule has 0 saturated carbocycles. The van der Waals surface area contributed by atoms with Gasteiger partial charge in [-0.1, -0.05) is 12.2 Å². The van der Waals surface area contributed by atoms with Crippen molar-refractivity contribution in [3.63, 3.8) is 0 Å². The number of nitrogens with one attached hydrogen (secondary N) is 1. The van der Waals surface area contributed by atoms with Crippen molar-refractivity contribution < 1.29 is 4.79 Å². The zero-order valence-corrected chi connectivity index (χ0v) is 11.3. The van der Waals surface area contributed by atoms with Crippen LogP contribution in [0.25, 0.3) is 0 Å². The first kappa shape index (κ1) is 12.3. The molecule has 6 heteroatoms. The first-order valence-corrected chi connectivity index (χ1v) is 6.88. The molecule has 2 saturated heterocycles. The number of hydrogen-bond donors (Lipinski definition) is 2. The number of hydrogen-bond acceptors (Lipinski definition) is 4. The molecule has 3 heterocycles. The number of rotatable bonds is 2. The summed E-state index contributed by atoms with van der Waals surface area (Å²) < 4.78 is 0. The maximum Gasteiger partial charge on any atom is 0.225 e. The second-order valence-electron chi connectivity index (χ2n) is 5.02. The van der Waals surface area contributed by atoms with Crippen molar-refractivity contribution in [3.05, 3.63) is 24.0 Å². The SMILES string of the molecule is NC(=S)c1cc(N2CCCC3C(=O)NCC32)ccn1. The Bertz CT molecular complexity index is 533. The molecular weight excluding hydrogens is 260 g/mol. The van der Waals surface area contributed by atoms with E-state index in [9.17, 15) is 4.79 Å². The third-order valence-electron chi connectivity index (χ3n) is 3.93. The fourth-order valence-electron chi connectivity index (χ4n) is 3.00. The zero-order valence-electron chi connectivity index (χ0n) is 10.5. The summed E-state index contributed by atoms with van der Waals surface area (Å²) in [4.78, 5) is 18.5. The van der Waals surface area contributed by atoms with E-state index in [1.165, 1.54) is 0 Å². The Balaban J connectivity index is 1.91. The maximum absolute atomic E-state index is 11.8. The molecule has 2 aliphatic rings. The number of anilines is 1. The second-order valence-corrected chi connectivity index (χ2v) is 5.46. The van der Waals surface area contributed by atoms with Crippen molar-refractivity contribution in [1.29, 1.82) is 0 Å². The number of amides is 1. The molecule has 19 heavy (non-hydrogen) atoms. The summed E-state index contributed by atoms with van der Waals surface area (Å²) in [6.07, 6.45) is 3.72. The number of pyridine rings is 1. The molecule has 2 atom stereocenters. The van der Waals surface area contributed by atoms with Crippen LogP contribution in [0, 0.1) is 5.92 Å². The molecule has 0 radical (unpaired) electrons. The van der Waals surface area contributed by atoms with Crippen molar-refractivity contribution in [1.82, 2.24) is 10.3 Å². The zero-order chi connectivity index (χ0) is 13.4. The number of carbonyl (C=O) groups is 1. The number of carbonyl (C=O) groups excluding carboxylic acids is 1. The third kappa shape index (κ3) is 2.16. The van der Waals surface area contributed by atoms with Crippen molar-refractivity contribution in [2.45, 2.75) is 18.9 Å². The summed E-state index contributed by atoms with van der Waals surface area (Å²) in [5.41, 5.74) is 7.30. The third-order valence-corrected chi connectivity index (χ3v) is 4.14. The number of aromatic nitrogens is 1. The van der Waals surface area contributed by atoms with Crippen LogP contribution < -0.4 is 16.0 Å². The highest BCUT2D eigenvalue weighted by Gasteiger charge is 2.40. The quantitative estimate of drug-likeness (QED) is 0.767. The van der Waals surface area contributed by atoms with E-state index >= 15 is 0 Å². The molecule has 0 spiro atoms. The number of thiocarbonyl (C=S) groups is 1. The van der Waals surface area contributed by atoms with Gasteiger partial charge in [-0.15, -0.1) is 0 Å². The fourth-order valence-corrected chi connectivity index (χ4v) is 3.12. The van der Waals surface area contributed by atoms with E-state index in [0.717, 1.165) is 25.1 Å². The Morgan fingerprint density at radius 1 is 1.58 bits per heavy atom. The van der Waals surface area contributed by atoms with E-state index in [4.69, 9.17) is 18.0 Å². The van der Waals surface area contributed by atoms with Gasteiger partial charge in [0.1, 0.15) is 4.99 Å². The summed E-state index contributed by atoms with van der Waals surface area (Å²) in [6, 6.07) is 4.10. The summed E-state index contributed by atoms with van der Waals surface area (Å²) in [5.74, 6) is 0.286. The highest BCUT2D eigenvalue weighted by atomic mass is 32.1. The Morgan fingerprint density at radius 3 is 3.21 bits per heavy atom. The largest absolute Gasteiger partial charge is 0.388 e. The first-order valence-electron chi connectivity index (χ1n) is 6.47. The molecule has 0 aliphatic carbocycles. The van der Waals surface area contributed by atoms with Crippen LogP contribution in [0.4, 0.5) is 5.69 Å². The Labute approximate surface area is 117 Å². The van der Waals surface area contributed by atoms with Gasteiger partial charge in [-0.05, 0) is 25.0 Å². The molecular formula is C13H16N4OS. The van der Waals surface area contributed by atoms with Gasteiger partial charge in [-0.25, -0.2) is 0 Å². The minimum absolute atomic E-state index is 0.107.